The van der Waals surface area contributed by atoms with E-state index >= 15 is 0 Å². The molecule has 0 radical (unpaired) electrons. The number of likely N-dealkylation sites (tertiary alicyclic amines) is 2. The van der Waals surface area contributed by atoms with E-state index in [1.807, 2.05) is 0 Å². The molecule has 0 aromatic carbocycles. The lowest BCUT2D eigenvalue weighted by atomic mass is 9.80. The van der Waals surface area contributed by atoms with Gasteiger partial charge >= 0.3 is 0 Å². The van der Waals surface area contributed by atoms with Crippen molar-refractivity contribution in [3.05, 3.63) is 0 Å². The van der Waals surface area contributed by atoms with Gasteiger partial charge in [0.15, 0.2) is 0 Å². The van der Waals surface area contributed by atoms with Crippen molar-refractivity contribution >= 4 is 0 Å². The summed E-state index contributed by atoms with van der Waals surface area (Å²) in [4.78, 5) is 4.75. The van der Waals surface area contributed by atoms with Gasteiger partial charge in [-0.3, -0.25) is 0 Å². The average molecular weight is 226 g/mol. The van der Waals surface area contributed by atoms with Crippen LogP contribution in [-0.2, 0) is 0 Å². The number of hydrogen-bond acceptors (Lipinski definition) is 3. The maximum atomic E-state index is 10.4. The van der Waals surface area contributed by atoms with Crippen LogP contribution in [0.2, 0.25) is 0 Å². The summed E-state index contributed by atoms with van der Waals surface area (Å²) in [5.74, 6) is 1.12. The molecule has 0 unspecified atom stereocenters. The zero-order chi connectivity index (χ0) is 11.5. The van der Waals surface area contributed by atoms with Crippen LogP contribution in [0.3, 0.4) is 0 Å². The molecule has 0 aliphatic carbocycles. The molecule has 94 valence electrons. The van der Waals surface area contributed by atoms with Crippen molar-refractivity contribution in [1.29, 1.82) is 0 Å². The van der Waals surface area contributed by atoms with Crippen molar-refractivity contribution in [2.24, 2.45) is 11.8 Å². The first-order valence-electron chi connectivity index (χ1n) is 6.72. The third-order valence-corrected chi connectivity index (χ3v) is 4.49. The zero-order valence-corrected chi connectivity index (χ0v) is 10.7. The summed E-state index contributed by atoms with van der Waals surface area (Å²) < 4.78 is 0. The Kier molecular flexibility index (Phi) is 4.22. The van der Waals surface area contributed by atoms with Crippen LogP contribution in [0.5, 0.6) is 0 Å². The van der Waals surface area contributed by atoms with Crippen LogP contribution in [0.15, 0.2) is 0 Å². The number of aliphatic hydroxyl groups excluding tert-OH is 1. The quantitative estimate of drug-likeness (QED) is 0.762. The van der Waals surface area contributed by atoms with Gasteiger partial charge in [0, 0.05) is 0 Å². The fourth-order valence-electron chi connectivity index (χ4n) is 3.13. The minimum absolute atomic E-state index is 0.0394. The van der Waals surface area contributed by atoms with Crippen LogP contribution in [0.1, 0.15) is 25.7 Å². The van der Waals surface area contributed by atoms with E-state index in [1.54, 1.807) is 0 Å². The Morgan fingerprint density at radius 1 is 0.812 bits per heavy atom. The molecule has 2 aliphatic rings. The predicted octanol–water partition coefficient (Wildman–Crippen LogP) is 1.03. The van der Waals surface area contributed by atoms with Crippen molar-refractivity contribution in [3.63, 3.8) is 0 Å². The van der Waals surface area contributed by atoms with Crippen molar-refractivity contribution < 1.29 is 5.11 Å². The summed E-state index contributed by atoms with van der Waals surface area (Å²) in [7, 11) is 4.36. The summed E-state index contributed by atoms with van der Waals surface area (Å²) >= 11 is 0. The second-order valence-electron chi connectivity index (χ2n) is 5.77. The molecule has 0 aromatic rings. The number of aliphatic hydroxyl groups is 1. The Morgan fingerprint density at radius 2 is 1.12 bits per heavy atom. The largest absolute Gasteiger partial charge is 0.393 e. The van der Waals surface area contributed by atoms with E-state index < -0.39 is 0 Å². The molecule has 0 amide bonds. The van der Waals surface area contributed by atoms with E-state index in [4.69, 9.17) is 0 Å². The monoisotopic (exact) mass is 226 g/mol. The van der Waals surface area contributed by atoms with Gasteiger partial charge in [-0.05, 0) is 77.8 Å². The molecule has 3 nitrogen and oxygen atoms in total. The average Bonchev–Trinajstić information content (AvgIpc) is 2.30. The number of nitrogens with zero attached hydrogens (tertiary/aromatic N) is 2. The molecule has 0 bridgehead atoms. The lowest BCUT2D eigenvalue weighted by Gasteiger charge is -2.38. The smallest absolute Gasteiger partial charge is 0.0598 e. The number of hydrogen-bond donors (Lipinski definition) is 1. The van der Waals surface area contributed by atoms with Gasteiger partial charge in [0.1, 0.15) is 0 Å². The first kappa shape index (κ1) is 12.3. The first-order valence-corrected chi connectivity index (χ1v) is 6.72. The summed E-state index contributed by atoms with van der Waals surface area (Å²) in [5.41, 5.74) is 0. The first-order chi connectivity index (χ1) is 7.66. The van der Waals surface area contributed by atoms with E-state index in [9.17, 15) is 5.11 Å². The highest BCUT2D eigenvalue weighted by Crippen LogP contribution is 2.29. The molecule has 1 N–H and O–H groups in total. The molecule has 3 heteroatoms. The van der Waals surface area contributed by atoms with E-state index in [0.29, 0.717) is 11.8 Å². The number of piperidine rings is 2. The number of rotatable bonds is 2. The molecule has 2 aliphatic heterocycles. The van der Waals surface area contributed by atoms with Gasteiger partial charge in [-0.1, -0.05) is 0 Å². The molecule has 0 spiro atoms. The topological polar surface area (TPSA) is 26.7 Å². The molecule has 2 rings (SSSR count). The van der Waals surface area contributed by atoms with Gasteiger partial charge in [-0.2, -0.15) is 0 Å². The van der Waals surface area contributed by atoms with Gasteiger partial charge in [0.2, 0.25) is 0 Å². The van der Waals surface area contributed by atoms with Crippen molar-refractivity contribution in [2.75, 3.05) is 40.3 Å². The van der Waals surface area contributed by atoms with Crippen LogP contribution in [-0.4, -0.2) is 61.3 Å². The molecule has 2 saturated heterocycles. The normalized spacial score (nSPS) is 27.8. The second-order valence-corrected chi connectivity index (χ2v) is 5.77. The van der Waals surface area contributed by atoms with Crippen molar-refractivity contribution in [2.45, 2.75) is 31.8 Å². The maximum absolute atomic E-state index is 10.4. The van der Waals surface area contributed by atoms with Crippen LogP contribution in [0.25, 0.3) is 0 Å². The molecule has 2 heterocycles. The second kappa shape index (κ2) is 5.48. The maximum Gasteiger partial charge on any atom is 0.0598 e. The molecule has 2 fully saturated rings. The van der Waals surface area contributed by atoms with Crippen molar-refractivity contribution in [1.82, 2.24) is 9.80 Å². The Labute approximate surface area is 99.4 Å². The minimum atomic E-state index is -0.0394. The Balaban J connectivity index is 1.80. The van der Waals surface area contributed by atoms with E-state index in [2.05, 4.69) is 23.9 Å². The van der Waals surface area contributed by atoms with Crippen LogP contribution in [0.4, 0.5) is 0 Å². The van der Waals surface area contributed by atoms with Gasteiger partial charge in [0.25, 0.3) is 0 Å². The third kappa shape index (κ3) is 2.96. The van der Waals surface area contributed by atoms with E-state index in [0.717, 1.165) is 26.2 Å². The highest BCUT2D eigenvalue weighted by Gasteiger charge is 2.31. The van der Waals surface area contributed by atoms with Crippen LogP contribution < -0.4 is 0 Å². The van der Waals surface area contributed by atoms with Gasteiger partial charge < -0.3 is 14.9 Å². The molecular formula is C13H26N2O. The SMILES string of the molecule is CN1CCC(C(O)C2CCN(C)CC2)CC1. The highest BCUT2D eigenvalue weighted by atomic mass is 16.3. The lowest BCUT2D eigenvalue weighted by molar-refractivity contribution is 0.000193. The summed E-state index contributed by atoms with van der Waals surface area (Å²) in [6, 6.07) is 0. The molecule has 16 heavy (non-hydrogen) atoms. The fraction of sp³-hybridized carbons (Fsp3) is 1.00. The standard InChI is InChI=1S/C13H26N2O/c1-14-7-3-11(4-8-14)13(16)12-5-9-15(2)10-6-12/h11-13,16H,3-10H2,1-2H3. The molecule has 0 atom stereocenters. The minimum Gasteiger partial charge on any atom is -0.393 e. The fourth-order valence-corrected chi connectivity index (χ4v) is 3.13. The lowest BCUT2D eigenvalue weighted by Crippen LogP contribution is -2.42. The Morgan fingerprint density at radius 3 is 1.44 bits per heavy atom. The Hall–Kier alpha value is -0.120. The van der Waals surface area contributed by atoms with Gasteiger partial charge in [-0.25, -0.2) is 0 Å². The molecular weight excluding hydrogens is 200 g/mol. The van der Waals surface area contributed by atoms with Crippen LogP contribution in [0, 0.1) is 11.8 Å². The zero-order valence-electron chi connectivity index (χ0n) is 10.7. The summed E-state index contributed by atoms with van der Waals surface area (Å²) in [5, 5.41) is 10.4. The van der Waals surface area contributed by atoms with Crippen molar-refractivity contribution in [3.8, 4) is 0 Å². The third-order valence-electron chi connectivity index (χ3n) is 4.49. The summed E-state index contributed by atoms with van der Waals surface area (Å²) in [6.07, 6.45) is 4.70. The van der Waals surface area contributed by atoms with Gasteiger partial charge in [0.05, 0.1) is 6.10 Å². The van der Waals surface area contributed by atoms with E-state index in [-0.39, 0.29) is 6.10 Å². The van der Waals surface area contributed by atoms with E-state index in [1.165, 1.54) is 25.7 Å². The van der Waals surface area contributed by atoms with Gasteiger partial charge in [-0.15, -0.1) is 0 Å². The summed E-state index contributed by atoms with van der Waals surface area (Å²) in [6.45, 7) is 4.64. The Bertz CT molecular complexity index is 184. The molecule has 0 saturated carbocycles. The van der Waals surface area contributed by atoms with Crippen LogP contribution >= 0.6 is 0 Å². The highest BCUT2D eigenvalue weighted by molar-refractivity contribution is 4.83. The predicted molar refractivity (Wildman–Crippen MR) is 66.4 cm³/mol. The molecule has 0 aromatic heterocycles.